The van der Waals surface area contributed by atoms with Crippen LogP contribution in [0.5, 0.6) is 0 Å². The molecule has 1 fully saturated rings. The van der Waals surface area contributed by atoms with Gasteiger partial charge in [-0.15, -0.1) is 0 Å². The van der Waals surface area contributed by atoms with Crippen molar-refractivity contribution in [3.63, 3.8) is 0 Å². The van der Waals surface area contributed by atoms with Crippen LogP contribution in [0.1, 0.15) is 28.8 Å². The van der Waals surface area contributed by atoms with Gasteiger partial charge in [0.2, 0.25) is 5.91 Å². The molecule has 3 rings (SSSR count). The zero-order valence-corrected chi connectivity index (χ0v) is 11.5. The van der Waals surface area contributed by atoms with Crippen molar-refractivity contribution in [3.8, 4) is 0 Å². The molecule has 0 atom stereocenters. The number of likely N-dealkylation sites (tertiary alicyclic amines) is 1. The maximum atomic E-state index is 12.3. The molecule has 0 aliphatic carbocycles. The van der Waals surface area contributed by atoms with E-state index in [1.54, 1.807) is 4.90 Å². The van der Waals surface area contributed by atoms with Crippen LogP contribution in [0.25, 0.3) is 0 Å². The third kappa shape index (κ3) is 2.11. The van der Waals surface area contributed by atoms with Crippen LogP contribution in [0.3, 0.4) is 0 Å². The number of rotatable bonds is 2. The van der Waals surface area contributed by atoms with Crippen molar-refractivity contribution in [1.29, 1.82) is 0 Å². The summed E-state index contributed by atoms with van der Waals surface area (Å²) in [6, 6.07) is 5.65. The minimum atomic E-state index is -0.0811. The molecule has 2 heterocycles. The van der Waals surface area contributed by atoms with Gasteiger partial charge in [-0.05, 0) is 49.1 Å². The van der Waals surface area contributed by atoms with Gasteiger partial charge in [0.1, 0.15) is 0 Å². The van der Waals surface area contributed by atoms with Gasteiger partial charge in [-0.3, -0.25) is 9.59 Å². The largest absolute Gasteiger partial charge is 0.339 e. The number of benzene rings is 1. The molecule has 0 aromatic heterocycles. The number of carbonyl (C=O) groups is 2. The molecular formula is C16H18N2O2. The predicted octanol–water partition coefficient (Wildman–Crippen LogP) is 2.00. The monoisotopic (exact) mass is 270 g/mol. The van der Waals surface area contributed by atoms with Crippen molar-refractivity contribution in [2.45, 2.75) is 19.3 Å². The molecule has 104 valence electrons. The maximum Gasteiger partial charge on any atom is 0.253 e. The summed E-state index contributed by atoms with van der Waals surface area (Å²) < 4.78 is 0. The standard InChI is InChI=1S/C16H18N2O2/c1-2-15(19)18-10-7-12-11-13(5-6-14(12)18)16(20)17-8-3-4-9-17/h2,5-6,11H,1,3-4,7-10H2. The quantitative estimate of drug-likeness (QED) is 0.771. The van der Waals surface area contributed by atoms with Crippen molar-refractivity contribution in [2.24, 2.45) is 0 Å². The number of fused-ring (bicyclic) bond motifs is 1. The zero-order chi connectivity index (χ0) is 14.1. The lowest BCUT2D eigenvalue weighted by molar-refractivity contribution is -0.114. The summed E-state index contributed by atoms with van der Waals surface area (Å²) in [6.07, 6.45) is 4.32. The van der Waals surface area contributed by atoms with Crippen LogP contribution in [-0.2, 0) is 11.2 Å². The zero-order valence-electron chi connectivity index (χ0n) is 11.5. The molecule has 0 spiro atoms. The molecule has 1 saturated heterocycles. The first kappa shape index (κ1) is 12.9. The first-order valence-electron chi connectivity index (χ1n) is 7.07. The Morgan fingerprint density at radius 1 is 1.15 bits per heavy atom. The summed E-state index contributed by atoms with van der Waals surface area (Å²) in [5.41, 5.74) is 2.72. The SMILES string of the molecule is C=CC(=O)N1CCc2cc(C(=O)N3CCCC3)ccc21. The average Bonchev–Trinajstić information content (AvgIpc) is 3.14. The van der Waals surface area contributed by atoms with Crippen LogP contribution in [0, 0.1) is 0 Å². The summed E-state index contributed by atoms with van der Waals surface area (Å²) >= 11 is 0. The third-order valence-corrected chi connectivity index (χ3v) is 4.06. The van der Waals surface area contributed by atoms with Crippen molar-refractivity contribution in [3.05, 3.63) is 42.0 Å². The minimum absolute atomic E-state index is 0.0811. The molecule has 1 aromatic rings. The van der Waals surface area contributed by atoms with Gasteiger partial charge < -0.3 is 9.80 Å². The Hall–Kier alpha value is -2.10. The van der Waals surface area contributed by atoms with E-state index >= 15 is 0 Å². The van der Waals surface area contributed by atoms with Crippen LogP contribution >= 0.6 is 0 Å². The molecule has 4 nitrogen and oxygen atoms in total. The lowest BCUT2D eigenvalue weighted by Crippen LogP contribution is -2.28. The predicted molar refractivity (Wildman–Crippen MR) is 77.8 cm³/mol. The first-order chi connectivity index (χ1) is 9.70. The molecule has 2 aliphatic rings. The molecule has 0 bridgehead atoms. The number of amides is 2. The van der Waals surface area contributed by atoms with Gasteiger partial charge in [0.25, 0.3) is 5.91 Å². The van der Waals surface area contributed by atoms with Crippen molar-refractivity contribution in [2.75, 3.05) is 24.5 Å². The van der Waals surface area contributed by atoms with Gasteiger partial charge in [0.15, 0.2) is 0 Å². The first-order valence-corrected chi connectivity index (χ1v) is 7.07. The second-order valence-electron chi connectivity index (χ2n) is 5.29. The Morgan fingerprint density at radius 3 is 2.60 bits per heavy atom. The van der Waals surface area contributed by atoms with E-state index in [-0.39, 0.29) is 11.8 Å². The highest BCUT2D eigenvalue weighted by Gasteiger charge is 2.25. The summed E-state index contributed by atoms with van der Waals surface area (Å²) in [5.74, 6) is 0.0289. The Bertz CT molecular complexity index is 574. The van der Waals surface area contributed by atoms with E-state index < -0.39 is 0 Å². The fourth-order valence-corrected chi connectivity index (χ4v) is 2.98. The number of nitrogens with zero attached hydrogens (tertiary/aromatic N) is 2. The fraction of sp³-hybridized carbons (Fsp3) is 0.375. The molecule has 0 unspecified atom stereocenters. The van der Waals surface area contributed by atoms with E-state index in [9.17, 15) is 9.59 Å². The van der Waals surface area contributed by atoms with Crippen molar-refractivity contribution < 1.29 is 9.59 Å². The van der Waals surface area contributed by atoms with Gasteiger partial charge in [-0.1, -0.05) is 6.58 Å². The molecule has 2 amide bonds. The number of hydrogen-bond donors (Lipinski definition) is 0. The lowest BCUT2D eigenvalue weighted by Gasteiger charge is -2.17. The Morgan fingerprint density at radius 2 is 1.90 bits per heavy atom. The van der Waals surface area contributed by atoms with Gasteiger partial charge in [0.05, 0.1) is 0 Å². The number of carbonyl (C=O) groups excluding carboxylic acids is 2. The molecule has 0 N–H and O–H groups in total. The second-order valence-corrected chi connectivity index (χ2v) is 5.29. The molecule has 1 aromatic carbocycles. The normalized spacial score (nSPS) is 17.2. The van der Waals surface area contributed by atoms with Gasteiger partial charge in [-0.2, -0.15) is 0 Å². The van der Waals surface area contributed by atoms with Crippen molar-refractivity contribution >= 4 is 17.5 Å². The maximum absolute atomic E-state index is 12.3. The molecule has 20 heavy (non-hydrogen) atoms. The molecule has 0 radical (unpaired) electrons. The Kier molecular flexibility index (Phi) is 3.30. The fourth-order valence-electron chi connectivity index (χ4n) is 2.98. The molecule has 0 saturated carbocycles. The van der Waals surface area contributed by atoms with Gasteiger partial charge in [0, 0.05) is 30.9 Å². The average molecular weight is 270 g/mol. The van der Waals surface area contributed by atoms with Gasteiger partial charge in [-0.25, -0.2) is 0 Å². The Labute approximate surface area is 118 Å². The topological polar surface area (TPSA) is 40.6 Å². The van der Waals surface area contributed by atoms with E-state index in [1.165, 1.54) is 6.08 Å². The highest BCUT2D eigenvalue weighted by molar-refractivity contribution is 6.03. The smallest absolute Gasteiger partial charge is 0.253 e. The number of hydrogen-bond acceptors (Lipinski definition) is 2. The van der Waals surface area contributed by atoms with Crippen LogP contribution in [0.4, 0.5) is 5.69 Å². The van der Waals surface area contributed by atoms with Crippen molar-refractivity contribution in [1.82, 2.24) is 4.90 Å². The summed E-state index contributed by atoms with van der Waals surface area (Å²) in [4.78, 5) is 27.7. The molecule has 4 heteroatoms. The molecular weight excluding hydrogens is 252 g/mol. The van der Waals surface area contributed by atoms with Crippen LogP contribution in [0.15, 0.2) is 30.9 Å². The summed E-state index contributed by atoms with van der Waals surface area (Å²) in [6.45, 7) is 5.91. The highest BCUT2D eigenvalue weighted by atomic mass is 16.2. The van der Waals surface area contributed by atoms with Crippen LogP contribution < -0.4 is 4.90 Å². The Balaban J connectivity index is 1.85. The second kappa shape index (κ2) is 5.12. The van der Waals surface area contributed by atoms with Gasteiger partial charge >= 0.3 is 0 Å². The summed E-state index contributed by atoms with van der Waals surface area (Å²) in [5, 5.41) is 0. The van der Waals surface area contributed by atoms with Crippen LogP contribution in [-0.4, -0.2) is 36.3 Å². The lowest BCUT2D eigenvalue weighted by atomic mass is 10.1. The van der Waals surface area contributed by atoms with E-state index in [1.807, 2.05) is 23.1 Å². The number of anilines is 1. The van der Waals surface area contributed by atoms with E-state index in [0.29, 0.717) is 6.54 Å². The third-order valence-electron chi connectivity index (χ3n) is 4.06. The van der Waals surface area contributed by atoms with E-state index in [4.69, 9.17) is 0 Å². The van der Waals surface area contributed by atoms with E-state index in [2.05, 4.69) is 6.58 Å². The van der Waals surface area contributed by atoms with E-state index in [0.717, 1.165) is 49.2 Å². The summed E-state index contributed by atoms with van der Waals surface area (Å²) in [7, 11) is 0. The highest BCUT2D eigenvalue weighted by Crippen LogP contribution is 2.29. The minimum Gasteiger partial charge on any atom is -0.339 e. The molecule has 2 aliphatic heterocycles. The van der Waals surface area contributed by atoms with Crippen LogP contribution in [0.2, 0.25) is 0 Å².